The van der Waals surface area contributed by atoms with E-state index in [0.29, 0.717) is 18.8 Å². The van der Waals surface area contributed by atoms with Crippen LogP contribution in [0.5, 0.6) is 0 Å². The molecule has 2 N–H and O–H groups in total. The van der Waals surface area contributed by atoms with E-state index in [4.69, 9.17) is 0 Å². The van der Waals surface area contributed by atoms with E-state index in [1.54, 1.807) is 29.3 Å². The fourth-order valence-corrected chi connectivity index (χ4v) is 1.87. The molecule has 19 heavy (non-hydrogen) atoms. The van der Waals surface area contributed by atoms with Crippen molar-refractivity contribution in [1.82, 2.24) is 10.3 Å². The summed E-state index contributed by atoms with van der Waals surface area (Å²) in [5, 5.41) is 5.18. The second-order valence-electron chi connectivity index (χ2n) is 4.17. The number of carbonyl (C=O) groups excluding carboxylic acids is 2. The monoisotopic (exact) mass is 260 g/mol. The third kappa shape index (κ3) is 3.31. The summed E-state index contributed by atoms with van der Waals surface area (Å²) < 4.78 is 0. The largest absolute Gasteiger partial charge is 0.334 e. The minimum atomic E-state index is -0.336. The lowest BCUT2D eigenvalue weighted by Crippen LogP contribution is -2.29. The van der Waals surface area contributed by atoms with Crippen molar-refractivity contribution in [3.63, 3.8) is 0 Å². The van der Waals surface area contributed by atoms with Crippen LogP contribution in [0.4, 0.5) is 16.3 Å². The number of hydrogen-bond acceptors (Lipinski definition) is 3. The highest BCUT2D eigenvalue weighted by atomic mass is 16.2. The molecule has 1 aliphatic heterocycles. The highest BCUT2D eigenvalue weighted by Gasteiger charge is 2.21. The van der Waals surface area contributed by atoms with Gasteiger partial charge in [-0.3, -0.25) is 10.1 Å². The zero-order chi connectivity index (χ0) is 13.7. The lowest BCUT2D eigenvalue weighted by molar-refractivity contribution is -0.117. The van der Waals surface area contributed by atoms with Gasteiger partial charge in [0.25, 0.3) is 0 Å². The highest BCUT2D eigenvalue weighted by Crippen LogP contribution is 2.21. The smallest absolute Gasteiger partial charge is 0.320 e. The van der Waals surface area contributed by atoms with Crippen LogP contribution >= 0.6 is 0 Å². The number of urea groups is 1. The number of pyridine rings is 1. The van der Waals surface area contributed by atoms with Gasteiger partial charge in [-0.15, -0.1) is 6.58 Å². The maximum atomic E-state index is 11.6. The Morgan fingerprint density at radius 3 is 2.95 bits per heavy atom. The van der Waals surface area contributed by atoms with Crippen LogP contribution in [-0.4, -0.2) is 30.0 Å². The molecule has 2 rings (SSSR count). The van der Waals surface area contributed by atoms with Crippen molar-refractivity contribution in [3.8, 4) is 0 Å². The van der Waals surface area contributed by atoms with Crippen molar-refractivity contribution in [3.05, 3.63) is 31.0 Å². The number of anilines is 2. The first-order valence-electron chi connectivity index (χ1n) is 6.13. The molecule has 0 aromatic carbocycles. The summed E-state index contributed by atoms with van der Waals surface area (Å²) in [6, 6.07) is 3.12. The molecule has 0 unspecified atom stereocenters. The Kier molecular flexibility index (Phi) is 4.12. The molecule has 1 aromatic heterocycles. The van der Waals surface area contributed by atoms with E-state index in [0.717, 1.165) is 18.7 Å². The van der Waals surface area contributed by atoms with Crippen LogP contribution in [0.1, 0.15) is 12.8 Å². The zero-order valence-electron chi connectivity index (χ0n) is 10.6. The van der Waals surface area contributed by atoms with Gasteiger partial charge in [0, 0.05) is 19.5 Å². The molecule has 3 amide bonds. The molecule has 1 fully saturated rings. The molecule has 0 atom stereocenters. The van der Waals surface area contributed by atoms with Crippen molar-refractivity contribution >= 4 is 23.4 Å². The van der Waals surface area contributed by atoms with E-state index in [1.807, 2.05) is 0 Å². The van der Waals surface area contributed by atoms with E-state index >= 15 is 0 Å². The van der Waals surface area contributed by atoms with Crippen molar-refractivity contribution < 1.29 is 9.59 Å². The van der Waals surface area contributed by atoms with Gasteiger partial charge in [0.15, 0.2) is 0 Å². The summed E-state index contributed by atoms with van der Waals surface area (Å²) in [6.07, 6.45) is 4.65. The molecule has 100 valence electrons. The first-order valence-corrected chi connectivity index (χ1v) is 6.13. The van der Waals surface area contributed by atoms with Crippen LogP contribution in [0.25, 0.3) is 0 Å². The number of rotatable bonds is 4. The third-order valence-electron chi connectivity index (χ3n) is 2.78. The summed E-state index contributed by atoms with van der Waals surface area (Å²) in [4.78, 5) is 28.8. The summed E-state index contributed by atoms with van der Waals surface area (Å²) in [5.41, 5.74) is 0.763. The molecular formula is C13H16N4O2. The average molecular weight is 260 g/mol. The number of carbonyl (C=O) groups is 2. The molecule has 1 aliphatic rings. The molecule has 0 saturated carbocycles. The Morgan fingerprint density at radius 2 is 2.37 bits per heavy atom. The fourth-order valence-electron chi connectivity index (χ4n) is 1.87. The molecule has 6 heteroatoms. The van der Waals surface area contributed by atoms with Gasteiger partial charge in [0.2, 0.25) is 5.91 Å². The summed E-state index contributed by atoms with van der Waals surface area (Å²) in [5.74, 6) is 0.559. The quantitative estimate of drug-likeness (QED) is 0.806. The Hall–Kier alpha value is -2.37. The minimum absolute atomic E-state index is 0.117. The van der Waals surface area contributed by atoms with Gasteiger partial charge >= 0.3 is 6.03 Å². The van der Waals surface area contributed by atoms with Crippen LogP contribution in [0.3, 0.4) is 0 Å². The molecule has 6 nitrogen and oxygen atoms in total. The first kappa shape index (κ1) is 13.1. The molecule has 0 radical (unpaired) electrons. The van der Waals surface area contributed by atoms with Crippen molar-refractivity contribution in [1.29, 1.82) is 0 Å². The maximum Gasteiger partial charge on any atom is 0.320 e. The van der Waals surface area contributed by atoms with Gasteiger partial charge < -0.3 is 10.2 Å². The van der Waals surface area contributed by atoms with E-state index in [1.165, 1.54) is 0 Å². The highest BCUT2D eigenvalue weighted by molar-refractivity contribution is 5.95. The second kappa shape index (κ2) is 5.99. The first-order chi connectivity index (χ1) is 9.20. The number of aromatic nitrogens is 1. The number of nitrogens with zero attached hydrogens (tertiary/aromatic N) is 2. The van der Waals surface area contributed by atoms with Crippen LogP contribution < -0.4 is 15.5 Å². The normalized spacial score (nSPS) is 14.3. The topological polar surface area (TPSA) is 74.3 Å². The Bertz CT molecular complexity index is 484. The molecular weight excluding hydrogens is 244 g/mol. The Labute approximate surface area is 111 Å². The van der Waals surface area contributed by atoms with Gasteiger partial charge in [-0.2, -0.15) is 0 Å². The molecule has 0 spiro atoms. The van der Waals surface area contributed by atoms with Gasteiger partial charge in [-0.1, -0.05) is 6.08 Å². The van der Waals surface area contributed by atoms with Crippen LogP contribution in [0.2, 0.25) is 0 Å². The van der Waals surface area contributed by atoms with Crippen molar-refractivity contribution in [2.45, 2.75) is 12.8 Å². The SMILES string of the molecule is C=CCNC(=O)Nc1ccc(N2CCCC2=O)cn1. The van der Waals surface area contributed by atoms with E-state index in [2.05, 4.69) is 22.2 Å². The summed E-state index contributed by atoms with van der Waals surface area (Å²) >= 11 is 0. The molecule has 1 aromatic rings. The van der Waals surface area contributed by atoms with Crippen LogP contribution in [-0.2, 0) is 4.79 Å². The van der Waals surface area contributed by atoms with Gasteiger partial charge in [0.05, 0.1) is 11.9 Å². The number of amides is 3. The van der Waals surface area contributed by atoms with Gasteiger partial charge in [-0.25, -0.2) is 9.78 Å². The second-order valence-corrected chi connectivity index (χ2v) is 4.17. The minimum Gasteiger partial charge on any atom is -0.334 e. The number of hydrogen-bond donors (Lipinski definition) is 2. The maximum absolute atomic E-state index is 11.6. The zero-order valence-corrected chi connectivity index (χ0v) is 10.6. The van der Waals surface area contributed by atoms with Crippen molar-refractivity contribution in [2.75, 3.05) is 23.3 Å². The lowest BCUT2D eigenvalue weighted by atomic mass is 10.3. The average Bonchev–Trinajstić information content (AvgIpc) is 2.83. The molecule has 2 heterocycles. The van der Waals surface area contributed by atoms with Gasteiger partial charge in [0.1, 0.15) is 5.82 Å². The predicted molar refractivity (Wildman–Crippen MR) is 73.0 cm³/mol. The van der Waals surface area contributed by atoms with Crippen molar-refractivity contribution in [2.24, 2.45) is 0 Å². The Morgan fingerprint density at radius 1 is 1.53 bits per heavy atom. The standard InChI is InChI=1S/C13H16N4O2/c1-2-7-14-13(19)16-11-6-5-10(9-15-11)17-8-3-4-12(17)18/h2,5-6,9H,1,3-4,7-8H2,(H2,14,15,16,19). The third-order valence-corrected chi connectivity index (χ3v) is 2.78. The predicted octanol–water partition coefficient (Wildman–Crippen LogP) is 1.52. The summed E-state index contributed by atoms with van der Waals surface area (Å²) in [7, 11) is 0. The Balaban J connectivity index is 1.96. The van der Waals surface area contributed by atoms with E-state index in [-0.39, 0.29) is 11.9 Å². The number of nitrogens with one attached hydrogen (secondary N) is 2. The molecule has 0 bridgehead atoms. The fraction of sp³-hybridized carbons (Fsp3) is 0.308. The molecule has 0 aliphatic carbocycles. The lowest BCUT2D eigenvalue weighted by Gasteiger charge is -2.15. The molecule has 1 saturated heterocycles. The van der Waals surface area contributed by atoms with Crippen LogP contribution in [0, 0.1) is 0 Å². The van der Waals surface area contributed by atoms with E-state index in [9.17, 15) is 9.59 Å². The van der Waals surface area contributed by atoms with E-state index < -0.39 is 0 Å². The van der Waals surface area contributed by atoms with Crippen LogP contribution in [0.15, 0.2) is 31.0 Å². The summed E-state index contributed by atoms with van der Waals surface area (Å²) in [6.45, 7) is 4.63. The van der Waals surface area contributed by atoms with Gasteiger partial charge in [-0.05, 0) is 18.6 Å².